The first-order valence-electron chi connectivity index (χ1n) is 9.00. The lowest BCUT2D eigenvalue weighted by Gasteiger charge is -2.28. The molecule has 154 valence electrons. The van der Waals surface area contributed by atoms with Crippen LogP contribution in [0.5, 0.6) is 0 Å². The molecule has 10 heteroatoms. The Kier molecular flexibility index (Phi) is 5.13. The van der Waals surface area contributed by atoms with E-state index in [-0.39, 0.29) is 22.8 Å². The molecule has 3 N–H and O–H groups in total. The topological polar surface area (TPSA) is 93.2 Å². The molecule has 1 aliphatic rings. The molecule has 0 atom stereocenters. The molecule has 0 fully saturated rings. The van der Waals surface area contributed by atoms with Gasteiger partial charge in [-0.3, -0.25) is 9.48 Å². The second kappa shape index (κ2) is 7.75. The zero-order chi connectivity index (χ0) is 21.4. The number of nitrogens with one attached hydrogen (secondary N) is 1. The lowest BCUT2D eigenvalue weighted by Crippen LogP contribution is -2.41. The van der Waals surface area contributed by atoms with E-state index in [2.05, 4.69) is 10.4 Å². The highest BCUT2D eigenvalue weighted by atomic mass is 35.5. The van der Waals surface area contributed by atoms with Crippen LogP contribution in [0, 0.1) is 11.6 Å². The molecule has 4 rings (SSSR count). The van der Waals surface area contributed by atoms with Crippen LogP contribution < -0.4 is 11.1 Å². The number of carbonyl (C=O) groups is 2. The standard InChI is InChI=1S/C20H16ClF2N5O2/c21-14-9-11(1-6-15(14)23)18-17(19(24)29)16-10-27(7-8-28(16)26-18)20(30)25-13-4-2-12(22)3-5-13/h1-6,9H,7-8,10H2,(H2,24,29)(H,25,30). The fourth-order valence-electron chi connectivity index (χ4n) is 3.33. The van der Waals surface area contributed by atoms with Crippen LogP contribution in [0.4, 0.5) is 19.3 Å². The second-order valence-electron chi connectivity index (χ2n) is 6.75. The van der Waals surface area contributed by atoms with Gasteiger partial charge in [-0.1, -0.05) is 11.6 Å². The molecule has 0 aliphatic carbocycles. The van der Waals surface area contributed by atoms with Crippen LogP contribution in [0.25, 0.3) is 11.3 Å². The Morgan fingerprint density at radius 2 is 1.83 bits per heavy atom. The first-order valence-corrected chi connectivity index (χ1v) is 9.37. The average molecular weight is 432 g/mol. The van der Waals surface area contributed by atoms with E-state index < -0.39 is 23.6 Å². The molecule has 7 nitrogen and oxygen atoms in total. The van der Waals surface area contributed by atoms with E-state index in [0.717, 1.165) is 0 Å². The molecule has 1 aliphatic heterocycles. The number of rotatable bonds is 3. The summed E-state index contributed by atoms with van der Waals surface area (Å²) in [6.07, 6.45) is 0. The van der Waals surface area contributed by atoms with Gasteiger partial charge in [-0.2, -0.15) is 5.10 Å². The molecule has 3 aromatic rings. The van der Waals surface area contributed by atoms with Crippen molar-refractivity contribution in [2.24, 2.45) is 5.73 Å². The van der Waals surface area contributed by atoms with Gasteiger partial charge >= 0.3 is 6.03 Å². The van der Waals surface area contributed by atoms with Crippen molar-refractivity contribution < 1.29 is 18.4 Å². The van der Waals surface area contributed by atoms with Crippen LogP contribution in [-0.4, -0.2) is 33.2 Å². The smallest absolute Gasteiger partial charge is 0.322 e. The van der Waals surface area contributed by atoms with Crippen molar-refractivity contribution in [2.45, 2.75) is 13.1 Å². The lowest BCUT2D eigenvalue weighted by atomic mass is 10.0. The van der Waals surface area contributed by atoms with Crippen LogP contribution in [0.3, 0.4) is 0 Å². The van der Waals surface area contributed by atoms with Gasteiger partial charge in [0.1, 0.15) is 17.3 Å². The van der Waals surface area contributed by atoms with Crippen LogP contribution in [-0.2, 0) is 13.1 Å². The maximum atomic E-state index is 13.5. The van der Waals surface area contributed by atoms with Gasteiger partial charge in [0.15, 0.2) is 0 Å². The highest BCUT2D eigenvalue weighted by molar-refractivity contribution is 6.31. The molecule has 2 aromatic carbocycles. The molecule has 0 bridgehead atoms. The number of nitrogens with two attached hydrogens (primary N) is 1. The summed E-state index contributed by atoms with van der Waals surface area (Å²) >= 11 is 5.86. The molecule has 2 heterocycles. The van der Waals surface area contributed by atoms with Crippen molar-refractivity contribution in [3.8, 4) is 11.3 Å². The third-order valence-corrected chi connectivity index (χ3v) is 5.09. The van der Waals surface area contributed by atoms with Crippen LogP contribution >= 0.6 is 11.6 Å². The van der Waals surface area contributed by atoms with Gasteiger partial charge < -0.3 is 16.0 Å². The van der Waals surface area contributed by atoms with Gasteiger partial charge in [0.05, 0.1) is 29.4 Å². The van der Waals surface area contributed by atoms with Crippen LogP contribution in [0.15, 0.2) is 42.5 Å². The number of nitrogens with zero attached hydrogens (tertiary/aromatic N) is 3. The number of fused-ring (bicyclic) bond motifs is 1. The first-order chi connectivity index (χ1) is 14.3. The molecule has 0 saturated carbocycles. The average Bonchev–Trinajstić information content (AvgIpc) is 3.10. The molecular weight excluding hydrogens is 416 g/mol. The summed E-state index contributed by atoms with van der Waals surface area (Å²) in [6, 6.07) is 8.99. The number of primary amides is 1. The third-order valence-electron chi connectivity index (χ3n) is 4.80. The van der Waals surface area contributed by atoms with Gasteiger partial charge in [-0.15, -0.1) is 0 Å². The maximum Gasteiger partial charge on any atom is 0.322 e. The third kappa shape index (κ3) is 3.71. The van der Waals surface area contributed by atoms with Crippen molar-refractivity contribution in [1.29, 1.82) is 0 Å². The number of halogens is 3. The van der Waals surface area contributed by atoms with E-state index in [0.29, 0.717) is 30.0 Å². The van der Waals surface area contributed by atoms with Gasteiger partial charge in [-0.25, -0.2) is 13.6 Å². The van der Waals surface area contributed by atoms with Crippen molar-refractivity contribution in [2.75, 3.05) is 11.9 Å². The van der Waals surface area contributed by atoms with E-state index in [4.69, 9.17) is 17.3 Å². The molecular formula is C20H16ClF2N5O2. The summed E-state index contributed by atoms with van der Waals surface area (Å²) < 4.78 is 28.2. The van der Waals surface area contributed by atoms with Gasteiger partial charge in [0.25, 0.3) is 5.91 Å². The Balaban J connectivity index is 1.63. The highest BCUT2D eigenvalue weighted by Gasteiger charge is 2.29. The number of benzene rings is 2. The van der Waals surface area contributed by atoms with Crippen molar-refractivity contribution in [1.82, 2.24) is 14.7 Å². The molecule has 0 saturated heterocycles. The van der Waals surface area contributed by atoms with E-state index in [1.807, 2.05) is 0 Å². The Hall–Kier alpha value is -3.46. The Morgan fingerprint density at radius 1 is 1.10 bits per heavy atom. The number of aromatic nitrogens is 2. The minimum Gasteiger partial charge on any atom is -0.365 e. The monoisotopic (exact) mass is 431 g/mol. The number of hydrogen-bond acceptors (Lipinski definition) is 3. The number of anilines is 1. The van der Waals surface area contributed by atoms with Crippen molar-refractivity contribution in [3.63, 3.8) is 0 Å². The van der Waals surface area contributed by atoms with Crippen molar-refractivity contribution >= 4 is 29.2 Å². The maximum absolute atomic E-state index is 13.5. The minimum absolute atomic E-state index is 0.0905. The molecule has 0 unspecified atom stereocenters. The van der Waals surface area contributed by atoms with Gasteiger partial charge in [0, 0.05) is 17.8 Å². The Labute approximate surface area is 175 Å². The van der Waals surface area contributed by atoms with E-state index in [1.54, 1.807) is 4.68 Å². The summed E-state index contributed by atoms with van der Waals surface area (Å²) in [6.45, 7) is 0.762. The number of hydrogen-bond donors (Lipinski definition) is 2. The number of amides is 3. The molecule has 0 radical (unpaired) electrons. The predicted molar refractivity (Wildman–Crippen MR) is 107 cm³/mol. The van der Waals surface area contributed by atoms with Gasteiger partial charge in [-0.05, 0) is 42.5 Å². The molecule has 0 spiro atoms. The number of carbonyl (C=O) groups excluding carboxylic acids is 2. The predicted octanol–water partition coefficient (Wildman–Crippen LogP) is 3.63. The molecule has 1 aromatic heterocycles. The summed E-state index contributed by atoms with van der Waals surface area (Å²) in [5.41, 5.74) is 7.38. The highest BCUT2D eigenvalue weighted by Crippen LogP contribution is 2.30. The van der Waals surface area contributed by atoms with E-state index in [1.165, 1.54) is 47.4 Å². The summed E-state index contributed by atoms with van der Waals surface area (Å²) in [4.78, 5) is 26.3. The first kappa shape index (κ1) is 19.8. The SMILES string of the molecule is NC(=O)c1c(-c2ccc(F)c(Cl)c2)nn2c1CN(C(=O)Nc1ccc(F)cc1)CC2. The zero-order valence-electron chi connectivity index (χ0n) is 15.5. The second-order valence-corrected chi connectivity index (χ2v) is 7.15. The summed E-state index contributed by atoms with van der Waals surface area (Å²) in [7, 11) is 0. The van der Waals surface area contributed by atoms with Crippen LogP contribution in [0.1, 0.15) is 16.1 Å². The zero-order valence-corrected chi connectivity index (χ0v) is 16.3. The quantitative estimate of drug-likeness (QED) is 0.663. The van der Waals surface area contributed by atoms with E-state index in [9.17, 15) is 18.4 Å². The van der Waals surface area contributed by atoms with Crippen molar-refractivity contribution in [3.05, 3.63) is 70.4 Å². The van der Waals surface area contributed by atoms with Gasteiger partial charge in [0.2, 0.25) is 0 Å². The normalized spacial score (nSPS) is 13.1. The summed E-state index contributed by atoms with van der Waals surface area (Å²) in [5.74, 6) is -1.71. The summed E-state index contributed by atoms with van der Waals surface area (Å²) in [5, 5.41) is 7.02. The van der Waals surface area contributed by atoms with Crippen LogP contribution in [0.2, 0.25) is 5.02 Å². The Bertz CT molecular complexity index is 1150. The minimum atomic E-state index is -0.715. The molecule has 30 heavy (non-hydrogen) atoms. The fourth-order valence-corrected chi connectivity index (χ4v) is 3.51. The molecule has 3 amide bonds. The largest absolute Gasteiger partial charge is 0.365 e. The fraction of sp³-hybridized carbons (Fsp3) is 0.150. The van der Waals surface area contributed by atoms with E-state index >= 15 is 0 Å². The number of urea groups is 1. The lowest BCUT2D eigenvalue weighted by molar-refractivity contribution is 0.0997. The Morgan fingerprint density at radius 3 is 2.50 bits per heavy atom.